The maximum atomic E-state index is 11.0. The molecule has 58 valence electrons. The molecule has 2 aromatic carbocycles. The molecule has 2 nitrogen and oxygen atoms in total. The van der Waals surface area contributed by atoms with E-state index in [-0.39, 0.29) is 11.6 Å². The largest absolute Gasteiger partial charge is 0.286 e. The quantitative estimate of drug-likeness (QED) is 0.580. The van der Waals surface area contributed by atoms with Crippen LogP contribution < -0.4 is 10.9 Å². The van der Waals surface area contributed by atoms with Crippen LogP contribution in [0.5, 0.6) is 0 Å². The second-order valence-electron chi connectivity index (χ2n) is 2.52. The Morgan fingerprint density at radius 2 is 1.75 bits per heavy atom. The lowest BCUT2D eigenvalue weighted by Crippen LogP contribution is -2.30. The molecule has 0 saturated heterocycles. The average molecular weight is 159 g/mol. The summed E-state index contributed by atoms with van der Waals surface area (Å²) in [5.41, 5.74) is -0.335. The normalized spacial score (nSPS) is 11.5. The predicted molar refractivity (Wildman–Crippen MR) is 46.8 cm³/mol. The monoisotopic (exact) mass is 159 g/mol. The first-order valence-electron chi connectivity index (χ1n) is 4.07. The summed E-state index contributed by atoms with van der Waals surface area (Å²) in [6, 6.07) is 8.62. The Labute approximate surface area is 70.2 Å². The summed E-state index contributed by atoms with van der Waals surface area (Å²) in [4.78, 5) is 21.8. The van der Waals surface area contributed by atoms with Crippen LogP contribution in [0.1, 0.15) is 1.37 Å². The van der Waals surface area contributed by atoms with E-state index in [1.54, 1.807) is 24.3 Å². The van der Waals surface area contributed by atoms with Crippen LogP contribution in [-0.2, 0) is 0 Å². The van der Waals surface area contributed by atoms with Gasteiger partial charge in [0.05, 0.1) is 1.37 Å². The van der Waals surface area contributed by atoms with Gasteiger partial charge < -0.3 is 0 Å². The Bertz CT molecular complexity index is 507. The summed E-state index contributed by atoms with van der Waals surface area (Å²) in [7, 11) is 0. The maximum Gasteiger partial charge on any atom is 0.233 e. The minimum atomic E-state index is -0.682. The van der Waals surface area contributed by atoms with E-state index in [4.69, 9.17) is 1.37 Å². The van der Waals surface area contributed by atoms with Crippen LogP contribution in [0.3, 0.4) is 0 Å². The third-order valence-corrected chi connectivity index (χ3v) is 1.73. The van der Waals surface area contributed by atoms with Crippen molar-refractivity contribution in [3.63, 3.8) is 0 Å². The molecule has 0 aromatic heterocycles. The highest BCUT2D eigenvalue weighted by molar-refractivity contribution is 5.65. The Balaban J connectivity index is 2.63. The molecular formula is C10H6O2. The Kier molecular flexibility index (Phi) is 1.18. The highest BCUT2D eigenvalue weighted by Crippen LogP contribution is 2.12. The molecule has 0 radical (unpaired) electrons. The van der Waals surface area contributed by atoms with E-state index in [0.717, 1.165) is 0 Å². The average Bonchev–Trinajstić information content (AvgIpc) is 2.19. The van der Waals surface area contributed by atoms with E-state index >= 15 is 0 Å². The summed E-state index contributed by atoms with van der Waals surface area (Å²) in [5.74, 6) is 0. The summed E-state index contributed by atoms with van der Waals surface area (Å²) >= 11 is 0. The van der Waals surface area contributed by atoms with Gasteiger partial charge >= 0.3 is 0 Å². The molecule has 0 spiro atoms. The van der Waals surface area contributed by atoms with Crippen LogP contribution in [0, 0.1) is 0 Å². The predicted octanol–water partition coefficient (Wildman–Crippen LogP) is 0.950. The highest BCUT2D eigenvalue weighted by Gasteiger charge is 2.09. The smallest absolute Gasteiger partial charge is 0.233 e. The molecule has 0 unspecified atom stereocenters. The number of benzene rings is 1. The van der Waals surface area contributed by atoms with E-state index in [1.807, 2.05) is 6.07 Å². The zero-order valence-electron chi connectivity index (χ0n) is 7.20. The van der Waals surface area contributed by atoms with Crippen LogP contribution in [0.4, 0.5) is 0 Å². The zero-order valence-corrected chi connectivity index (χ0v) is 6.20. The highest BCUT2D eigenvalue weighted by atomic mass is 16.2. The van der Waals surface area contributed by atoms with Gasteiger partial charge in [-0.05, 0) is 5.56 Å². The minimum Gasteiger partial charge on any atom is -0.286 e. The molecule has 0 aliphatic heterocycles. The summed E-state index contributed by atoms with van der Waals surface area (Å²) in [6.07, 6.45) is 0. The molecule has 0 amide bonds. The van der Waals surface area contributed by atoms with Crippen molar-refractivity contribution in [3.05, 3.63) is 56.8 Å². The van der Waals surface area contributed by atoms with Gasteiger partial charge in [-0.15, -0.1) is 0 Å². The van der Waals surface area contributed by atoms with Crippen LogP contribution in [-0.4, -0.2) is 0 Å². The molecule has 0 aliphatic carbocycles. The van der Waals surface area contributed by atoms with Gasteiger partial charge in [0.25, 0.3) is 0 Å². The van der Waals surface area contributed by atoms with Gasteiger partial charge in [-0.1, -0.05) is 30.3 Å². The number of hydrogen-bond acceptors (Lipinski definition) is 2. The number of rotatable bonds is 1. The molecule has 0 aliphatic rings. The van der Waals surface area contributed by atoms with Crippen molar-refractivity contribution in [2.24, 2.45) is 0 Å². The van der Waals surface area contributed by atoms with Gasteiger partial charge in [0, 0.05) is 11.6 Å². The summed E-state index contributed by atoms with van der Waals surface area (Å²) < 4.78 is 7.25. The fourth-order valence-corrected chi connectivity index (χ4v) is 1.09. The van der Waals surface area contributed by atoms with Crippen molar-refractivity contribution in [1.82, 2.24) is 0 Å². The minimum absolute atomic E-state index is 0.170. The van der Waals surface area contributed by atoms with E-state index in [9.17, 15) is 9.59 Å². The molecule has 12 heavy (non-hydrogen) atoms. The van der Waals surface area contributed by atoms with Crippen molar-refractivity contribution in [2.75, 3.05) is 0 Å². The number of hydrogen-bond donors (Lipinski definition) is 0. The molecule has 0 bridgehead atoms. The van der Waals surface area contributed by atoms with Crippen molar-refractivity contribution in [3.8, 4) is 11.1 Å². The first-order valence-corrected chi connectivity index (χ1v) is 3.57. The van der Waals surface area contributed by atoms with Gasteiger partial charge in [-0.3, -0.25) is 9.59 Å². The Hall–Kier alpha value is -1.70. The first-order chi connectivity index (χ1) is 6.22. The van der Waals surface area contributed by atoms with Gasteiger partial charge in [-0.2, -0.15) is 0 Å². The Morgan fingerprint density at radius 1 is 1.08 bits per heavy atom. The first kappa shape index (κ1) is 5.89. The molecule has 2 heteroatoms. The second kappa shape index (κ2) is 2.41. The lowest BCUT2D eigenvalue weighted by molar-refractivity contribution is 1.41. The van der Waals surface area contributed by atoms with Crippen LogP contribution in [0.15, 0.2) is 46.0 Å². The van der Waals surface area contributed by atoms with Crippen LogP contribution in [0.25, 0.3) is 11.1 Å². The van der Waals surface area contributed by atoms with Gasteiger partial charge in [0.2, 0.25) is 10.9 Å². The standard InChI is InChI=1S/C10H6O2/c11-9-6-8(10(9)12)7-4-2-1-3-5-7/h1-6H/i6D. The van der Waals surface area contributed by atoms with E-state index in [0.29, 0.717) is 5.56 Å². The molecule has 0 heterocycles. The Morgan fingerprint density at radius 3 is 2.33 bits per heavy atom. The zero-order chi connectivity index (χ0) is 9.42. The van der Waals surface area contributed by atoms with Gasteiger partial charge in [0.15, 0.2) is 0 Å². The van der Waals surface area contributed by atoms with Crippen molar-refractivity contribution >= 4 is 0 Å². The maximum absolute atomic E-state index is 11.0. The van der Waals surface area contributed by atoms with E-state index < -0.39 is 10.9 Å². The van der Waals surface area contributed by atoms with Crippen LogP contribution in [0.2, 0.25) is 0 Å². The van der Waals surface area contributed by atoms with Crippen molar-refractivity contribution in [2.45, 2.75) is 0 Å². The topological polar surface area (TPSA) is 34.1 Å². The fraction of sp³-hybridized carbons (Fsp3) is 0. The lowest BCUT2D eigenvalue weighted by atomic mass is 10.0. The molecule has 0 saturated carbocycles. The molecule has 2 rings (SSSR count). The third-order valence-electron chi connectivity index (χ3n) is 1.73. The molecule has 0 atom stereocenters. The van der Waals surface area contributed by atoms with Gasteiger partial charge in [0.1, 0.15) is 0 Å². The third kappa shape index (κ3) is 0.889. The SMILES string of the molecule is [2H]c1c(-c2ccccc2)c(=O)c1=O. The van der Waals surface area contributed by atoms with E-state index in [1.165, 1.54) is 0 Å². The summed E-state index contributed by atoms with van der Waals surface area (Å²) in [5, 5.41) is 0. The van der Waals surface area contributed by atoms with Crippen molar-refractivity contribution in [1.29, 1.82) is 0 Å². The molecule has 0 fully saturated rings. The fourth-order valence-electron chi connectivity index (χ4n) is 1.09. The van der Waals surface area contributed by atoms with Crippen molar-refractivity contribution < 1.29 is 1.37 Å². The van der Waals surface area contributed by atoms with Gasteiger partial charge in [-0.25, -0.2) is 0 Å². The van der Waals surface area contributed by atoms with E-state index in [2.05, 4.69) is 0 Å². The molecule has 2 aromatic rings. The van der Waals surface area contributed by atoms with Crippen LogP contribution >= 0.6 is 0 Å². The molecule has 0 N–H and O–H groups in total. The molecular weight excluding hydrogens is 152 g/mol. The second-order valence-corrected chi connectivity index (χ2v) is 2.52. The summed E-state index contributed by atoms with van der Waals surface area (Å²) in [6.45, 7) is 0. The lowest BCUT2D eigenvalue weighted by Gasteiger charge is -1.99.